The molecule has 0 spiro atoms. The van der Waals surface area contributed by atoms with Gasteiger partial charge in [0.1, 0.15) is 34.9 Å². The van der Waals surface area contributed by atoms with Gasteiger partial charge in [0.25, 0.3) is 5.91 Å². The van der Waals surface area contributed by atoms with Gasteiger partial charge in [-0.2, -0.15) is 5.10 Å². The first-order valence-corrected chi connectivity index (χ1v) is 11.1. The standard InChI is InChI=1S/C26H25N7O2/c1-16-12-20(33(31-16)21-15-35-22-10-11-28-25(27)24(21)22)26(34)30-23-9-8-17(13-29-23)19-7-5-4-6-18(19)14-32(2)3/h4-13,15H,14H2,1-3H3,(H2,27,28)(H,29,30,34). The summed E-state index contributed by atoms with van der Waals surface area (Å²) in [4.78, 5) is 23.9. The molecule has 4 aromatic heterocycles. The third-order valence-corrected chi connectivity index (χ3v) is 5.61. The van der Waals surface area contributed by atoms with Crippen molar-refractivity contribution in [2.45, 2.75) is 13.5 Å². The first-order valence-electron chi connectivity index (χ1n) is 11.1. The van der Waals surface area contributed by atoms with Crippen molar-refractivity contribution in [2.75, 3.05) is 25.1 Å². The lowest BCUT2D eigenvalue weighted by Gasteiger charge is -2.14. The zero-order valence-electron chi connectivity index (χ0n) is 19.7. The number of nitrogens with two attached hydrogens (primary N) is 1. The van der Waals surface area contributed by atoms with Gasteiger partial charge in [0.15, 0.2) is 0 Å². The normalized spacial score (nSPS) is 11.3. The van der Waals surface area contributed by atoms with E-state index >= 15 is 0 Å². The summed E-state index contributed by atoms with van der Waals surface area (Å²) in [6.07, 6.45) is 4.86. The van der Waals surface area contributed by atoms with E-state index in [0.717, 1.165) is 17.7 Å². The number of fused-ring (bicyclic) bond motifs is 1. The van der Waals surface area contributed by atoms with Gasteiger partial charge in [0.05, 0.1) is 11.1 Å². The van der Waals surface area contributed by atoms with Gasteiger partial charge in [-0.1, -0.05) is 24.3 Å². The van der Waals surface area contributed by atoms with E-state index in [2.05, 4.69) is 37.4 Å². The highest BCUT2D eigenvalue weighted by molar-refractivity contribution is 6.04. The molecule has 1 aromatic carbocycles. The molecule has 0 fully saturated rings. The predicted molar refractivity (Wildman–Crippen MR) is 135 cm³/mol. The highest BCUT2D eigenvalue weighted by atomic mass is 16.3. The minimum atomic E-state index is -0.351. The van der Waals surface area contributed by atoms with Crippen LogP contribution < -0.4 is 11.1 Å². The third-order valence-electron chi connectivity index (χ3n) is 5.61. The van der Waals surface area contributed by atoms with E-state index in [4.69, 9.17) is 10.2 Å². The first kappa shape index (κ1) is 22.3. The molecule has 0 atom stereocenters. The number of aromatic nitrogens is 4. The Bertz CT molecular complexity index is 1520. The van der Waals surface area contributed by atoms with Crippen LogP contribution in [0.5, 0.6) is 0 Å². The molecule has 0 bridgehead atoms. The average Bonchev–Trinajstić information content (AvgIpc) is 3.44. The summed E-state index contributed by atoms with van der Waals surface area (Å²) in [5, 5.41) is 7.95. The van der Waals surface area contributed by atoms with E-state index in [1.807, 2.05) is 39.2 Å². The number of carbonyl (C=O) groups excluding carboxylic acids is 1. The van der Waals surface area contributed by atoms with E-state index in [1.165, 1.54) is 16.5 Å². The lowest BCUT2D eigenvalue weighted by atomic mass is 10.0. The van der Waals surface area contributed by atoms with E-state index in [1.54, 1.807) is 30.6 Å². The van der Waals surface area contributed by atoms with Gasteiger partial charge in [-0.05, 0) is 56.4 Å². The third kappa shape index (κ3) is 4.36. The van der Waals surface area contributed by atoms with Crippen LogP contribution in [0.25, 0.3) is 27.8 Å². The maximum Gasteiger partial charge on any atom is 0.275 e. The smallest absolute Gasteiger partial charge is 0.275 e. The molecule has 0 aliphatic heterocycles. The number of amides is 1. The fourth-order valence-electron chi connectivity index (χ4n) is 4.08. The van der Waals surface area contributed by atoms with E-state index in [-0.39, 0.29) is 5.91 Å². The van der Waals surface area contributed by atoms with Gasteiger partial charge >= 0.3 is 0 Å². The second-order valence-electron chi connectivity index (χ2n) is 8.55. The molecule has 0 aliphatic carbocycles. The van der Waals surface area contributed by atoms with Crippen LogP contribution in [0, 0.1) is 6.92 Å². The van der Waals surface area contributed by atoms with Gasteiger partial charge < -0.3 is 20.4 Å². The predicted octanol–water partition coefficient (Wildman–Crippen LogP) is 4.28. The molecule has 5 rings (SSSR count). The lowest BCUT2D eigenvalue weighted by Crippen LogP contribution is -2.17. The minimum Gasteiger partial charge on any atom is -0.462 e. The second kappa shape index (κ2) is 9.03. The molecule has 9 nitrogen and oxygen atoms in total. The molecule has 0 radical (unpaired) electrons. The Hall–Kier alpha value is -4.50. The summed E-state index contributed by atoms with van der Waals surface area (Å²) in [6.45, 7) is 2.64. The minimum absolute atomic E-state index is 0.303. The van der Waals surface area contributed by atoms with Gasteiger partial charge in [0, 0.05) is 24.5 Å². The van der Waals surface area contributed by atoms with Gasteiger partial charge in [-0.25, -0.2) is 14.6 Å². The maximum atomic E-state index is 13.2. The molecule has 0 saturated carbocycles. The van der Waals surface area contributed by atoms with Crippen LogP contribution >= 0.6 is 0 Å². The van der Waals surface area contributed by atoms with Crippen molar-refractivity contribution < 1.29 is 9.21 Å². The van der Waals surface area contributed by atoms with Crippen LogP contribution in [0.2, 0.25) is 0 Å². The number of anilines is 2. The molecule has 0 saturated heterocycles. The second-order valence-corrected chi connectivity index (χ2v) is 8.55. The quantitative estimate of drug-likeness (QED) is 0.383. The number of aryl methyl sites for hydroxylation is 1. The van der Waals surface area contributed by atoms with Crippen molar-refractivity contribution in [3.63, 3.8) is 0 Å². The number of hydrogen-bond acceptors (Lipinski definition) is 7. The molecular weight excluding hydrogens is 442 g/mol. The molecule has 9 heteroatoms. The number of benzene rings is 1. The van der Waals surface area contributed by atoms with Crippen LogP contribution in [0.4, 0.5) is 11.6 Å². The van der Waals surface area contributed by atoms with Crippen molar-refractivity contribution >= 4 is 28.5 Å². The Morgan fingerprint density at radius 2 is 1.97 bits per heavy atom. The van der Waals surface area contributed by atoms with E-state index < -0.39 is 0 Å². The fraction of sp³-hybridized carbons (Fsp3) is 0.154. The number of nitrogen functional groups attached to an aromatic ring is 1. The van der Waals surface area contributed by atoms with Crippen LogP contribution in [0.1, 0.15) is 21.7 Å². The van der Waals surface area contributed by atoms with Crippen molar-refractivity contribution in [1.82, 2.24) is 24.6 Å². The zero-order chi connectivity index (χ0) is 24.5. The summed E-state index contributed by atoms with van der Waals surface area (Å²) in [5.74, 6) is 0.390. The number of carbonyl (C=O) groups is 1. The summed E-state index contributed by atoms with van der Waals surface area (Å²) in [5.41, 5.74) is 11.5. The van der Waals surface area contributed by atoms with Crippen molar-refractivity contribution in [3.05, 3.63) is 84.1 Å². The van der Waals surface area contributed by atoms with E-state index in [9.17, 15) is 4.79 Å². The lowest BCUT2D eigenvalue weighted by molar-refractivity contribution is 0.101. The highest BCUT2D eigenvalue weighted by Gasteiger charge is 2.20. The molecule has 176 valence electrons. The Morgan fingerprint density at radius 1 is 1.14 bits per heavy atom. The number of furan rings is 1. The Labute approximate surface area is 202 Å². The number of nitrogens with one attached hydrogen (secondary N) is 1. The molecule has 1 amide bonds. The van der Waals surface area contributed by atoms with Crippen LogP contribution in [-0.2, 0) is 6.54 Å². The first-order chi connectivity index (χ1) is 16.9. The van der Waals surface area contributed by atoms with Crippen LogP contribution in [0.15, 0.2) is 71.6 Å². The molecular formula is C26H25N7O2. The highest BCUT2D eigenvalue weighted by Crippen LogP contribution is 2.29. The van der Waals surface area contributed by atoms with Crippen LogP contribution in [0.3, 0.4) is 0 Å². The number of hydrogen-bond donors (Lipinski definition) is 2. The fourth-order valence-corrected chi connectivity index (χ4v) is 4.08. The molecule has 0 unspecified atom stereocenters. The monoisotopic (exact) mass is 467 g/mol. The molecule has 35 heavy (non-hydrogen) atoms. The SMILES string of the molecule is Cc1cc(C(=O)Nc2ccc(-c3ccccc3CN(C)C)cn2)n(-c2coc3ccnc(N)c23)n1. The summed E-state index contributed by atoms with van der Waals surface area (Å²) in [6, 6.07) is 15.4. The van der Waals surface area contributed by atoms with Gasteiger partial charge in [-0.15, -0.1) is 0 Å². The van der Waals surface area contributed by atoms with Gasteiger partial charge in [0.2, 0.25) is 0 Å². The Kier molecular flexibility index (Phi) is 5.76. The summed E-state index contributed by atoms with van der Waals surface area (Å²) in [7, 11) is 4.08. The van der Waals surface area contributed by atoms with Crippen molar-refractivity contribution in [2.24, 2.45) is 0 Å². The van der Waals surface area contributed by atoms with E-state index in [0.29, 0.717) is 39.7 Å². The van der Waals surface area contributed by atoms with Crippen LogP contribution in [-0.4, -0.2) is 44.7 Å². The molecule has 5 aromatic rings. The Morgan fingerprint density at radius 3 is 2.74 bits per heavy atom. The molecule has 3 N–H and O–H groups in total. The topological polar surface area (TPSA) is 115 Å². The zero-order valence-corrected chi connectivity index (χ0v) is 19.7. The largest absolute Gasteiger partial charge is 0.462 e. The Balaban J connectivity index is 1.42. The molecule has 0 aliphatic rings. The van der Waals surface area contributed by atoms with Crippen molar-refractivity contribution in [1.29, 1.82) is 0 Å². The van der Waals surface area contributed by atoms with Gasteiger partial charge in [-0.3, -0.25) is 4.79 Å². The summed E-state index contributed by atoms with van der Waals surface area (Å²) >= 11 is 0. The summed E-state index contributed by atoms with van der Waals surface area (Å²) < 4.78 is 7.12. The average molecular weight is 468 g/mol. The molecule has 4 heterocycles. The van der Waals surface area contributed by atoms with Crippen molar-refractivity contribution in [3.8, 4) is 16.8 Å². The maximum absolute atomic E-state index is 13.2. The number of pyridine rings is 2. The number of rotatable bonds is 6. The number of nitrogens with zero attached hydrogens (tertiary/aromatic N) is 5.